The SMILES string of the molecule is CC(C)Oc1ccc([C@H]2CCCN2C(=O)OC(C)(C)C)cn1. The summed E-state index contributed by atoms with van der Waals surface area (Å²) in [6, 6.07) is 3.88. The molecule has 5 heteroatoms. The standard InChI is InChI=1S/C17H26N2O3/c1-12(2)21-15-9-8-13(11-18-15)14-7-6-10-19(14)16(20)22-17(3,4)5/h8-9,11-12,14H,6-7,10H2,1-5H3/t14-/m1/s1. The molecule has 0 saturated carbocycles. The number of amides is 1. The van der Waals surface area contributed by atoms with Crippen molar-refractivity contribution < 1.29 is 14.3 Å². The van der Waals surface area contributed by atoms with Crippen LogP contribution < -0.4 is 4.74 Å². The van der Waals surface area contributed by atoms with E-state index in [2.05, 4.69) is 4.98 Å². The first-order valence-corrected chi connectivity index (χ1v) is 7.88. The third kappa shape index (κ3) is 4.36. The molecule has 1 saturated heterocycles. The van der Waals surface area contributed by atoms with Crippen molar-refractivity contribution in [1.82, 2.24) is 9.88 Å². The fourth-order valence-corrected chi connectivity index (χ4v) is 2.55. The van der Waals surface area contributed by atoms with Gasteiger partial charge < -0.3 is 14.4 Å². The Labute approximate surface area is 132 Å². The van der Waals surface area contributed by atoms with Gasteiger partial charge in [-0.2, -0.15) is 0 Å². The van der Waals surface area contributed by atoms with Gasteiger partial charge in [-0.15, -0.1) is 0 Å². The lowest BCUT2D eigenvalue weighted by Gasteiger charge is -2.28. The van der Waals surface area contributed by atoms with E-state index in [9.17, 15) is 4.79 Å². The molecule has 1 aromatic rings. The minimum Gasteiger partial charge on any atom is -0.475 e. The number of aromatic nitrogens is 1. The summed E-state index contributed by atoms with van der Waals surface area (Å²) in [5.41, 5.74) is 0.553. The van der Waals surface area contributed by atoms with Crippen LogP contribution in [0, 0.1) is 0 Å². The van der Waals surface area contributed by atoms with Crippen molar-refractivity contribution in [2.75, 3.05) is 6.54 Å². The maximum absolute atomic E-state index is 12.3. The maximum atomic E-state index is 12.3. The fourth-order valence-electron chi connectivity index (χ4n) is 2.55. The van der Waals surface area contributed by atoms with E-state index in [4.69, 9.17) is 9.47 Å². The zero-order valence-electron chi connectivity index (χ0n) is 14.1. The molecule has 0 unspecified atom stereocenters. The Morgan fingerprint density at radius 1 is 1.36 bits per heavy atom. The molecule has 0 aliphatic carbocycles. The van der Waals surface area contributed by atoms with Crippen molar-refractivity contribution in [3.05, 3.63) is 23.9 Å². The molecule has 2 heterocycles. The molecule has 1 aromatic heterocycles. The summed E-state index contributed by atoms with van der Waals surface area (Å²) in [4.78, 5) is 18.4. The van der Waals surface area contributed by atoms with E-state index in [1.165, 1.54) is 0 Å². The van der Waals surface area contributed by atoms with Crippen LogP contribution in [-0.2, 0) is 4.74 Å². The average Bonchev–Trinajstić information content (AvgIpc) is 2.86. The topological polar surface area (TPSA) is 51.7 Å². The van der Waals surface area contributed by atoms with E-state index in [0.29, 0.717) is 5.88 Å². The molecule has 1 amide bonds. The third-order valence-electron chi connectivity index (χ3n) is 3.38. The molecule has 1 aliphatic heterocycles. The Bertz CT molecular complexity index is 506. The lowest BCUT2D eigenvalue weighted by atomic mass is 10.1. The highest BCUT2D eigenvalue weighted by Crippen LogP contribution is 2.33. The Hall–Kier alpha value is -1.78. The fraction of sp³-hybridized carbons (Fsp3) is 0.647. The Morgan fingerprint density at radius 2 is 2.09 bits per heavy atom. The third-order valence-corrected chi connectivity index (χ3v) is 3.38. The summed E-state index contributed by atoms with van der Waals surface area (Å²) < 4.78 is 11.0. The van der Waals surface area contributed by atoms with Gasteiger partial charge in [0.25, 0.3) is 0 Å². The highest BCUT2D eigenvalue weighted by molar-refractivity contribution is 5.69. The number of nitrogens with zero attached hydrogens (tertiary/aromatic N) is 2. The van der Waals surface area contributed by atoms with Gasteiger partial charge in [0.1, 0.15) is 5.60 Å². The van der Waals surface area contributed by atoms with Crippen molar-refractivity contribution >= 4 is 6.09 Å². The largest absolute Gasteiger partial charge is 0.475 e. The average molecular weight is 306 g/mol. The second-order valence-corrected chi connectivity index (χ2v) is 6.93. The number of hydrogen-bond acceptors (Lipinski definition) is 4. The quantitative estimate of drug-likeness (QED) is 0.848. The van der Waals surface area contributed by atoms with Crippen molar-refractivity contribution in [2.45, 2.75) is 65.2 Å². The van der Waals surface area contributed by atoms with Crippen LogP contribution >= 0.6 is 0 Å². The van der Waals surface area contributed by atoms with E-state index in [1.54, 1.807) is 11.1 Å². The molecule has 22 heavy (non-hydrogen) atoms. The van der Waals surface area contributed by atoms with Crippen LogP contribution in [0.1, 0.15) is 59.1 Å². The number of pyridine rings is 1. The van der Waals surface area contributed by atoms with Crippen LogP contribution in [-0.4, -0.2) is 34.2 Å². The predicted octanol–water partition coefficient (Wildman–Crippen LogP) is 3.94. The normalized spacial score (nSPS) is 18.6. The molecular formula is C17H26N2O3. The summed E-state index contributed by atoms with van der Waals surface area (Å²) in [5.74, 6) is 0.612. The number of carbonyl (C=O) groups excluding carboxylic acids is 1. The number of carbonyl (C=O) groups is 1. The van der Waals surface area contributed by atoms with Crippen molar-refractivity contribution in [1.29, 1.82) is 0 Å². The Kier molecular flexibility index (Phi) is 4.94. The van der Waals surface area contributed by atoms with Crippen molar-refractivity contribution in [3.8, 4) is 5.88 Å². The molecular weight excluding hydrogens is 280 g/mol. The van der Waals surface area contributed by atoms with Gasteiger partial charge in [0, 0.05) is 18.8 Å². The van der Waals surface area contributed by atoms with E-state index >= 15 is 0 Å². The highest BCUT2D eigenvalue weighted by atomic mass is 16.6. The minimum atomic E-state index is -0.475. The van der Waals surface area contributed by atoms with E-state index in [0.717, 1.165) is 24.9 Å². The van der Waals surface area contributed by atoms with Gasteiger partial charge in [0.05, 0.1) is 12.1 Å². The van der Waals surface area contributed by atoms with Gasteiger partial charge in [0.15, 0.2) is 0 Å². The Morgan fingerprint density at radius 3 is 2.64 bits per heavy atom. The van der Waals surface area contributed by atoms with E-state index in [-0.39, 0.29) is 18.2 Å². The monoisotopic (exact) mass is 306 g/mol. The molecule has 1 atom stereocenters. The first-order valence-electron chi connectivity index (χ1n) is 7.88. The van der Waals surface area contributed by atoms with Crippen LogP contribution in [0.2, 0.25) is 0 Å². The van der Waals surface area contributed by atoms with Crippen molar-refractivity contribution in [3.63, 3.8) is 0 Å². The van der Waals surface area contributed by atoms with Gasteiger partial charge in [-0.25, -0.2) is 9.78 Å². The summed E-state index contributed by atoms with van der Waals surface area (Å²) >= 11 is 0. The molecule has 0 spiro atoms. The highest BCUT2D eigenvalue weighted by Gasteiger charge is 2.33. The number of ether oxygens (including phenoxy) is 2. The number of rotatable bonds is 3. The van der Waals surface area contributed by atoms with Crippen LogP contribution in [0.15, 0.2) is 18.3 Å². The summed E-state index contributed by atoms with van der Waals surface area (Å²) in [6.07, 6.45) is 3.56. The molecule has 1 fully saturated rings. The molecule has 1 aliphatic rings. The number of likely N-dealkylation sites (tertiary alicyclic amines) is 1. The Balaban J connectivity index is 2.08. The lowest BCUT2D eigenvalue weighted by molar-refractivity contribution is 0.0224. The zero-order chi connectivity index (χ0) is 16.3. The molecule has 122 valence electrons. The van der Waals surface area contributed by atoms with Gasteiger partial charge in [-0.3, -0.25) is 0 Å². The molecule has 0 N–H and O–H groups in total. The molecule has 0 radical (unpaired) electrons. The first-order chi connectivity index (χ1) is 10.3. The van der Waals surface area contributed by atoms with Crippen LogP contribution in [0.4, 0.5) is 4.79 Å². The first kappa shape index (κ1) is 16.6. The van der Waals surface area contributed by atoms with Gasteiger partial charge in [-0.1, -0.05) is 6.07 Å². The zero-order valence-corrected chi connectivity index (χ0v) is 14.1. The molecule has 5 nitrogen and oxygen atoms in total. The van der Waals surface area contributed by atoms with Gasteiger partial charge in [0.2, 0.25) is 5.88 Å². The summed E-state index contributed by atoms with van der Waals surface area (Å²) in [6.45, 7) is 10.3. The van der Waals surface area contributed by atoms with E-state index in [1.807, 2.05) is 46.8 Å². The summed E-state index contributed by atoms with van der Waals surface area (Å²) in [5, 5.41) is 0. The molecule has 0 aromatic carbocycles. The van der Waals surface area contributed by atoms with Gasteiger partial charge in [-0.05, 0) is 53.0 Å². The van der Waals surface area contributed by atoms with Crippen LogP contribution in [0.5, 0.6) is 5.88 Å². The van der Waals surface area contributed by atoms with Crippen molar-refractivity contribution in [2.24, 2.45) is 0 Å². The maximum Gasteiger partial charge on any atom is 0.410 e. The number of hydrogen-bond donors (Lipinski definition) is 0. The van der Waals surface area contributed by atoms with Crippen LogP contribution in [0.3, 0.4) is 0 Å². The molecule has 0 bridgehead atoms. The van der Waals surface area contributed by atoms with E-state index < -0.39 is 5.60 Å². The molecule has 2 rings (SSSR count). The minimum absolute atomic E-state index is 0.0375. The van der Waals surface area contributed by atoms with Gasteiger partial charge >= 0.3 is 6.09 Å². The second kappa shape index (κ2) is 6.55. The smallest absolute Gasteiger partial charge is 0.410 e. The lowest BCUT2D eigenvalue weighted by Crippen LogP contribution is -2.36. The second-order valence-electron chi connectivity index (χ2n) is 6.93. The van der Waals surface area contributed by atoms with Crippen LogP contribution in [0.25, 0.3) is 0 Å². The summed E-state index contributed by atoms with van der Waals surface area (Å²) in [7, 11) is 0. The predicted molar refractivity (Wildman–Crippen MR) is 84.9 cm³/mol.